The highest BCUT2D eigenvalue weighted by Crippen LogP contribution is 2.18. The molecule has 1 aromatic carbocycles. The third-order valence-corrected chi connectivity index (χ3v) is 3.15. The molecule has 16 heavy (non-hydrogen) atoms. The van der Waals surface area contributed by atoms with Crippen LogP contribution in [-0.2, 0) is 0 Å². The number of halogens is 1. The van der Waals surface area contributed by atoms with Gasteiger partial charge >= 0.3 is 5.97 Å². The van der Waals surface area contributed by atoms with E-state index in [1.807, 2.05) is 19.1 Å². The van der Waals surface area contributed by atoms with Gasteiger partial charge < -0.3 is 4.74 Å². The molecular formula is C11H8BrNO2S. The lowest BCUT2D eigenvalue weighted by molar-refractivity contribution is 0.0729. The van der Waals surface area contributed by atoms with E-state index in [0.29, 0.717) is 11.4 Å². The van der Waals surface area contributed by atoms with Gasteiger partial charge in [0.15, 0.2) is 5.69 Å². The minimum atomic E-state index is -0.424. The summed E-state index contributed by atoms with van der Waals surface area (Å²) < 4.78 is 6.09. The van der Waals surface area contributed by atoms with E-state index in [9.17, 15) is 4.79 Å². The molecule has 0 bridgehead atoms. The molecule has 2 rings (SSSR count). The van der Waals surface area contributed by atoms with Crippen LogP contribution < -0.4 is 4.74 Å². The van der Waals surface area contributed by atoms with Gasteiger partial charge in [0.2, 0.25) is 0 Å². The molecule has 0 saturated heterocycles. The Hall–Kier alpha value is -1.20. The van der Waals surface area contributed by atoms with E-state index in [1.165, 1.54) is 11.3 Å². The van der Waals surface area contributed by atoms with E-state index in [1.54, 1.807) is 17.5 Å². The number of hydrogen-bond acceptors (Lipinski definition) is 4. The number of benzene rings is 1. The molecule has 0 atom stereocenters. The van der Waals surface area contributed by atoms with Gasteiger partial charge in [0.05, 0.1) is 5.01 Å². The van der Waals surface area contributed by atoms with Gasteiger partial charge in [0.1, 0.15) is 5.75 Å². The van der Waals surface area contributed by atoms with Crippen LogP contribution in [0.15, 0.2) is 34.1 Å². The molecule has 3 nitrogen and oxygen atoms in total. The molecule has 0 spiro atoms. The Morgan fingerprint density at radius 2 is 2.06 bits per heavy atom. The van der Waals surface area contributed by atoms with E-state index < -0.39 is 5.97 Å². The van der Waals surface area contributed by atoms with Crippen molar-refractivity contribution < 1.29 is 9.53 Å². The van der Waals surface area contributed by atoms with Crippen LogP contribution in [0.1, 0.15) is 15.5 Å². The number of aryl methyl sites for hydroxylation is 1. The lowest BCUT2D eigenvalue weighted by Crippen LogP contribution is -2.08. The van der Waals surface area contributed by atoms with Crippen molar-refractivity contribution in [3.63, 3.8) is 0 Å². The summed E-state index contributed by atoms with van der Waals surface area (Å²) in [4.78, 5) is 15.7. The molecule has 1 heterocycles. The zero-order chi connectivity index (χ0) is 11.5. The van der Waals surface area contributed by atoms with E-state index in [0.717, 1.165) is 9.48 Å². The first kappa shape index (κ1) is 11.3. The molecular weight excluding hydrogens is 290 g/mol. The maximum Gasteiger partial charge on any atom is 0.363 e. The third-order valence-electron chi connectivity index (χ3n) is 1.85. The monoisotopic (exact) mass is 297 g/mol. The van der Waals surface area contributed by atoms with E-state index in [2.05, 4.69) is 20.9 Å². The van der Waals surface area contributed by atoms with Crippen LogP contribution in [0.5, 0.6) is 5.75 Å². The summed E-state index contributed by atoms with van der Waals surface area (Å²) in [5.41, 5.74) is 0.352. The van der Waals surface area contributed by atoms with E-state index in [-0.39, 0.29) is 0 Å². The fourth-order valence-electron chi connectivity index (χ4n) is 1.12. The van der Waals surface area contributed by atoms with Gasteiger partial charge in [0, 0.05) is 9.85 Å². The number of ether oxygens (including phenoxy) is 1. The quantitative estimate of drug-likeness (QED) is 0.630. The number of hydrogen-bond donors (Lipinski definition) is 0. The fourth-order valence-corrected chi connectivity index (χ4v) is 1.97. The summed E-state index contributed by atoms with van der Waals surface area (Å²) in [6.07, 6.45) is 0. The van der Waals surface area contributed by atoms with Crippen molar-refractivity contribution in [2.45, 2.75) is 6.92 Å². The van der Waals surface area contributed by atoms with Gasteiger partial charge in [-0.1, -0.05) is 15.9 Å². The van der Waals surface area contributed by atoms with Crippen LogP contribution in [0.3, 0.4) is 0 Å². The lowest BCUT2D eigenvalue weighted by atomic mass is 10.3. The molecule has 0 fully saturated rings. The first-order valence-electron chi connectivity index (χ1n) is 4.55. The number of nitrogens with zero attached hydrogens (tertiary/aromatic N) is 1. The highest BCUT2D eigenvalue weighted by atomic mass is 79.9. The van der Waals surface area contributed by atoms with E-state index >= 15 is 0 Å². The van der Waals surface area contributed by atoms with Crippen molar-refractivity contribution in [1.29, 1.82) is 0 Å². The minimum absolute atomic E-state index is 0.352. The fraction of sp³-hybridized carbons (Fsp3) is 0.0909. The molecule has 0 N–H and O–H groups in total. The Balaban J connectivity index is 2.10. The number of rotatable bonds is 2. The Kier molecular flexibility index (Phi) is 3.36. The predicted molar refractivity (Wildman–Crippen MR) is 66.0 cm³/mol. The molecule has 1 aromatic heterocycles. The Morgan fingerprint density at radius 1 is 1.38 bits per heavy atom. The number of carbonyl (C=O) groups is 1. The number of thiazole rings is 1. The standard InChI is InChI=1S/C11H8BrNO2S/c1-7-13-10(6-16-7)11(14)15-9-4-2-8(12)3-5-9/h2-6H,1H3. The molecule has 0 aliphatic rings. The van der Waals surface area contributed by atoms with Crippen molar-refractivity contribution in [3.05, 3.63) is 44.8 Å². The number of aromatic nitrogens is 1. The smallest absolute Gasteiger partial charge is 0.363 e. The molecule has 82 valence electrons. The maximum absolute atomic E-state index is 11.6. The maximum atomic E-state index is 11.6. The number of esters is 1. The Morgan fingerprint density at radius 3 is 2.62 bits per heavy atom. The summed E-state index contributed by atoms with van der Waals surface area (Å²) in [5.74, 6) is 0.0884. The van der Waals surface area contributed by atoms with Gasteiger partial charge in [-0.3, -0.25) is 0 Å². The molecule has 0 unspecified atom stereocenters. The Labute approximate surface area is 105 Å². The highest BCUT2D eigenvalue weighted by molar-refractivity contribution is 9.10. The Bertz CT molecular complexity index is 507. The second-order valence-electron chi connectivity index (χ2n) is 3.10. The van der Waals surface area contributed by atoms with Crippen molar-refractivity contribution in [3.8, 4) is 5.75 Å². The molecule has 0 saturated carbocycles. The minimum Gasteiger partial charge on any atom is -0.422 e. The molecule has 5 heteroatoms. The van der Waals surface area contributed by atoms with Gasteiger partial charge in [-0.15, -0.1) is 11.3 Å². The van der Waals surface area contributed by atoms with Crippen molar-refractivity contribution in [1.82, 2.24) is 4.98 Å². The lowest BCUT2D eigenvalue weighted by Gasteiger charge is -2.01. The number of carbonyl (C=O) groups excluding carboxylic acids is 1. The summed E-state index contributed by atoms with van der Waals surface area (Å²) in [6, 6.07) is 7.08. The van der Waals surface area contributed by atoms with Crippen LogP contribution >= 0.6 is 27.3 Å². The van der Waals surface area contributed by atoms with E-state index in [4.69, 9.17) is 4.74 Å². The average molecular weight is 298 g/mol. The summed E-state index contributed by atoms with van der Waals surface area (Å²) >= 11 is 4.74. The second-order valence-corrected chi connectivity index (χ2v) is 5.07. The van der Waals surface area contributed by atoms with Crippen LogP contribution in [0.4, 0.5) is 0 Å². The topological polar surface area (TPSA) is 39.2 Å². The van der Waals surface area contributed by atoms with Gasteiger partial charge in [0.25, 0.3) is 0 Å². The third kappa shape index (κ3) is 2.68. The molecule has 0 radical (unpaired) electrons. The zero-order valence-corrected chi connectivity index (χ0v) is 10.8. The normalized spacial score (nSPS) is 10.1. The predicted octanol–water partition coefficient (Wildman–Crippen LogP) is 3.43. The first-order valence-corrected chi connectivity index (χ1v) is 6.22. The summed E-state index contributed by atoms with van der Waals surface area (Å²) in [7, 11) is 0. The van der Waals surface area contributed by atoms with Crippen LogP contribution in [0, 0.1) is 6.92 Å². The summed E-state index contributed by atoms with van der Waals surface area (Å²) in [6.45, 7) is 1.85. The van der Waals surface area contributed by atoms with Crippen molar-refractivity contribution >= 4 is 33.2 Å². The van der Waals surface area contributed by atoms with Crippen LogP contribution in [0.25, 0.3) is 0 Å². The van der Waals surface area contributed by atoms with Crippen LogP contribution in [-0.4, -0.2) is 11.0 Å². The van der Waals surface area contributed by atoms with Gasteiger partial charge in [-0.05, 0) is 31.2 Å². The van der Waals surface area contributed by atoms with Crippen molar-refractivity contribution in [2.24, 2.45) is 0 Å². The highest BCUT2D eigenvalue weighted by Gasteiger charge is 2.11. The second kappa shape index (κ2) is 4.76. The first-order chi connectivity index (χ1) is 7.65. The largest absolute Gasteiger partial charge is 0.422 e. The summed E-state index contributed by atoms with van der Waals surface area (Å²) in [5, 5.41) is 2.54. The average Bonchev–Trinajstić information content (AvgIpc) is 2.68. The van der Waals surface area contributed by atoms with Gasteiger partial charge in [-0.2, -0.15) is 0 Å². The molecule has 0 aliphatic carbocycles. The SMILES string of the molecule is Cc1nc(C(=O)Oc2ccc(Br)cc2)cs1. The molecule has 0 aliphatic heterocycles. The molecule has 2 aromatic rings. The van der Waals surface area contributed by atoms with Crippen LogP contribution in [0.2, 0.25) is 0 Å². The zero-order valence-electron chi connectivity index (χ0n) is 8.44. The molecule has 0 amide bonds. The van der Waals surface area contributed by atoms with Gasteiger partial charge in [-0.25, -0.2) is 9.78 Å². The van der Waals surface area contributed by atoms with Crippen molar-refractivity contribution in [2.75, 3.05) is 0 Å².